The number of nitrogens with zero attached hydrogens (tertiary/aromatic N) is 5. The van der Waals surface area contributed by atoms with Crippen molar-refractivity contribution in [2.24, 2.45) is 0 Å². The summed E-state index contributed by atoms with van der Waals surface area (Å²) >= 11 is 0. The molecule has 8 nitrogen and oxygen atoms in total. The maximum Gasteiger partial charge on any atom is 0.284 e. The fourth-order valence-electron chi connectivity index (χ4n) is 4.17. The first kappa shape index (κ1) is 22.4. The first-order valence-electron chi connectivity index (χ1n) is 11.2. The van der Waals surface area contributed by atoms with Crippen LogP contribution in [-0.4, -0.2) is 62.3 Å². The SMILES string of the molecule is O=C(c1ccc(F)cc1)N1CCN(C(=O)c2nc3cccnc3n(Cc3ccccc3)c2=O)CC1. The number of fused-ring (bicyclic) bond motifs is 1. The molecule has 2 amide bonds. The fourth-order valence-corrected chi connectivity index (χ4v) is 4.17. The van der Waals surface area contributed by atoms with E-state index in [0.717, 1.165) is 5.56 Å². The summed E-state index contributed by atoms with van der Waals surface area (Å²) in [6, 6.07) is 18.3. The summed E-state index contributed by atoms with van der Waals surface area (Å²) in [5, 5.41) is 0. The number of halogens is 1. The van der Waals surface area contributed by atoms with E-state index >= 15 is 0 Å². The van der Waals surface area contributed by atoms with Crippen molar-refractivity contribution in [1.82, 2.24) is 24.3 Å². The van der Waals surface area contributed by atoms with Crippen molar-refractivity contribution in [3.63, 3.8) is 0 Å². The summed E-state index contributed by atoms with van der Waals surface area (Å²) in [4.78, 5) is 51.2. The van der Waals surface area contributed by atoms with Crippen molar-refractivity contribution >= 4 is 23.0 Å². The first-order chi connectivity index (χ1) is 17.0. The standard InChI is InChI=1S/C26H22FN5O3/c27-20-10-8-19(9-11-20)24(33)30-13-15-31(16-14-30)25(34)22-26(35)32(17-18-5-2-1-3-6-18)23-21(29-22)7-4-12-28-23/h1-12H,13-17H2. The van der Waals surface area contributed by atoms with Crippen LogP contribution < -0.4 is 5.56 Å². The lowest BCUT2D eigenvalue weighted by molar-refractivity contribution is 0.0531. The van der Waals surface area contributed by atoms with Gasteiger partial charge in [0, 0.05) is 37.9 Å². The van der Waals surface area contributed by atoms with Crippen molar-refractivity contribution in [3.05, 3.63) is 106 Å². The molecular formula is C26H22FN5O3. The number of hydrogen-bond acceptors (Lipinski definition) is 5. The number of piperazine rings is 1. The summed E-state index contributed by atoms with van der Waals surface area (Å²) in [5.41, 5.74) is 1.48. The van der Waals surface area contributed by atoms with E-state index in [1.807, 2.05) is 30.3 Å². The second-order valence-corrected chi connectivity index (χ2v) is 8.27. The van der Waals surface area contributed by atoms with Crippen molar-refractivity contribution in [2.75, 3.05) is 26.2 Å². The maximum atomic E-state index is 13.4. The summed E-state index contributed by atoms with van der Waals surface area (Å²) in [6.07, 6.45) is 1.59. The molecule has 2 aromatic carbocycles. The number of pyridine rings is 1. The number of rotatable bonds is 4. The largest absolute Gasteiger partial charge is 0.335 e. The second-order valence-electron chi connectivity index (χ2n) is 8.27. The Morgan fingerprint density at radius 2 is 1.49 bits per heavy atom. The molecule has 0 N–H and O–H groups in total. The molecule has 0 unspecified atom stereocenters. The van der Waals surface area contributed by atoms with Gasteiger partial charge < -0.3 is 9.80 Å². The van der Waals surface area contributed by atoms with Gasteiger partial charge in [0.05, 0.1) is 6.54 Å². The second kappa shape index (κ2) is 9.46. The maximum absolute atomic E-state index is 13.4. The molecule has 0 radical (unpaired) electrons. The summed E-state index contributed by atoms with van der Waals surface area (Å²) < 4.78 is 14.6. The van der Waals surface area contributed by atoms with Gasteiger partial charge in [0.2, 0.25) is 0 Å². The van der Waals surface area contributed by atoms with E-state index in [2.05, 4.69) is 9.97 Å². The van der Waals surface area contributed by atoms with Crippen LogP contribution in [0.1, 0.15) is 26.4 Å². The number of aromatic nitrogens is 3. The van der Waals surface area contributed by atoms with Gasteiger partial charge in [-0.3, -0.25) is 19.0 Å². The number of carbonyl (C=O) groups excluding carboxylic acids is 2. The zero-order chi connectivity index (χ0) is 24.4. The van der Waals surface area contributed by atoms with Gasteiger partial charge in [-0.05, 0) is 42.0 Å². The highest BCUT2D eigenvalue weighted by Gasteiger charge is 2.28. The Hall–Kier alpha value is -4.40. The third-order valence-corrected chi connectivity index (χ3v) is 6.03. The van der Waals surface area contributed by atoms with E-state index < -0.39 is 17.3 Å². The Morgan fingerprint density at radius 3 is 2.17 bits per heavy atom. The molecule has 176 valence electrons. The third-order valence-electron chi connectivity index (χ3n) is 6.03. The lowest BCUT2D eigenvalue weighted by Crippen LogP contribution is -2.51. The van der Waals surface area contributed by atoms with Crippen molar-refractivity contribution in [2.45, 2.75) is 6.54 Å². The van der Waals surface area contributed by atoms with Crippen molar-refractivity contribution in [3.8, 4) is 0 Å². The Morgan fingerprint density at radius 1 is 0.829 bits per heavy atom. The van der Waals surface area contributed by atoms with Gasteiger partial charge in [-0.25, -0.2) is 14.4 Å². The van der Waals surface area contributed by atoms with Crippen molar-refractivity contribution < 1.29 is 14.0 Å². The quantitative estimate of drug-likeness (QED) is 0.457. The van der Waals surface area contributed by atoms with Crippen LogP contribution >= 0.6 is 0 Å². The molecule has 9 heteroatoms. The third kappa shape index (κ3) is 4.52. The molecule has 35 heavy (non-hydrogen) atoms. The zero-order valence-corrected chi connectivity index (χ0v) is 18.8. The molecule has 0 spiro atoms. The van der Waals surface area contributed by atoms with E-state index in [1.165, 1.54) is 33.7 Å². The fraction of sp³-hybridized carbons (Fsp3) is 0.192. The number of amides is 2. The average Bonchev–Trinajstić information content (AvgIpc) is 2.90. The minimum atomic E-state index is -0.505. The van der Waals surface area contributed by atoms with E-state index in [4.69, 9.17) is 0 Å². The van der Waals surface area contributed by atoms with Gasteiger partial charge in [-0.15, -0.1) is 0 Å². The first-order valence-corrected chi connectivity index (χ1v) is 11.2. The summed E-state index contributed by atoms with van der Waals surface area (Å²) in [5.74, 6) is -1.11. The average molecular weight is 471 g/mol. The molecule has 0 atom stereocenters. The Labute approximate surface area is 200 Å². The van der Waals surface area contributed by atoms with Crippen LogP contribution in [0.2, 0.25) is 0 Å². The van der Waals surface area contributed by atoms with Gasteiger partial charge >= 0.3 is 0 Å². The van der Waals surface area contributed by atoms with Crippen LogP contribution in [0.5, 0.6) is 0 Å². The lowest BCUT2D eigenvalue weighted by Gasteiger charge is -2.34. The minimum absolute atomic E-state index is 0.167. The van der Waals surface area contributed by atoms with Gasteiger partial charge in [0.15, 0.2) is 11.3 Å². The molecule has 0 aliphatic carbocycles. The molecular weight excluding hydrogens is 449 g/mol. The molecule has 1 saturated heterocycles. The Balaban J connectivity index is 1.38. The predicted molar refractivity (Wildman–Crippen MR) is 128 cm³/mol. The molecule has 4 aromatic rings. The topological polar surface area (TPSA) is 88.4 Å². The number of benzene rings is 2. The number of hydrogen-bond donors (Lipinski definition) is 0. The number of carbonyl (C=O) groups is 2. The minimum Gasteiger partial charge on any atom is -0.335 e. The molecule has 2 aromatic heterocycles. The van der Waals surface area contributed by atoms with Gasteiger partial charge in [0.25, 0.3) is 17.4 Å². The lowest BCUT2D eigenvalue weighted by atomic mass is 10.1. The van der Waals surface area contributed by atoms with E-state index in [0.29, 0.717) is 29.8 Å². The molecule has 1 aliphatic rings. The molecule has 0 bridgehead atoms. The van der Waals surface area contributed by atoms with Crippen LogP contribution in [0.15, 0.2) is 77.7 Å². The van der Waals surface area contributed by atoms with Crippen molar-refractivity contribution in [1.29, 1.82) is 0 Å². The molecule has 3 heterocycles. The van der Waals surface area contributed by atoms with E-state index in [-0.39, 0.29) is 31.2 Å². The van der Waals surface area contributed by atoms with Crippen LogP contribution in [0, 0.1) is 5.82 Å². The summed E-state index contributed by atoms with van der Waals surface area (Å²) in [6.45, 7) is 1.38. The van der Waals surface area contributed by atoms with Gasteiger partial charge in [0.1, 0.15) is 11.3 Å². The molecule has 5 rings (SSSR count). The van der Waals surface area contributed by atoms with Crippen LogP contribution in [-0.2, 0) is 6.54 Å². The predicted octanol–water partition coefficient (Wildman–Crippen LogP) is 2.58. The molecule has 1 aliphatic heterocycles. The zero-order valence-electron chi connectivity index (χ0n) is 18.8. The van der Waals surface area contributed by atoms with E-state index in [9.17, 15) is 18.8 Å². The van der Waals surface area contributed by atoms with Gasteiger partial charge in [-0.2, -0.15) is 0 Å². The normalized spacial score (nSPS) is 13.7. The molecule has 0 saturated carbocycles. The Bertz CT molecular complexity index is 1450. The summed E-state index contributed by atoms with van der Waals surface area (Å²) in [7, 11) is 0. The highest BCUT2D eigenvalue weighted by molar-refractivity contribution is 5.95. The van der Waals surface area contributed by atoms with E-state index in [1.54, 1.807) is 23.2 Å². The monoisotopic (exact) mass is 471 g/mol. The van der Waals surface area contributed by atoms with Crippen LogP contribution in [0.25, 0.3) is 11.2 Å². The smallest absolute Gasteiger partial charge is 0.284 e. The van der Waals surface area contributed by atoms with Crippen LogP contribution in [0.3, 0.4) is 0 Å². The Kier molecular flexibility index (Phi) is 6.05. The van der Waals surface area contributed by atoms with Gasteiger partial charge in [-0.1, -0.05) is 30.3 Å². The molecule has 1 fully saturated rings. The highest BCUT2D eigenvalue weighted by Crippen LogP contribution is 2.14. The highest BCUT2D eigenvalue weighted by atomic mass is 19.1. The van der Waals surface area contributed by atoms with Crippen LogP contribution in [0.4, 0.5) is 4.39 Å².